The van der Waals surface area contributed by atoms with E-state index in [1.54, 1.807) is 0 Å². The van der Waals surface area contributed by atoms with Crippen molar-refractivity contribution < 1.29 is 24.3 Å². The number of amides is 2. The Morgan fingerprint density at radius 1 is 1.03 bits per heavy atom. The Balaban J connectivity index is 1.83. The first kappa shape index (κ1) is 21.8. The standard InChI is InChI=1S/C23H23N3O5/c1-14-17-9-5-6-10-18(17)25-21(14)23(31)26-19(11-15-7-3-2-4-8-15)22(30)24-16(13-27)12-20(28)29/h2-10,13,16,19,25H,11-12H2,1H3,(H,24,30)(H,26,31)(H,28,29)/t16-,19-/m0/s1. The quantitative estimate of drug-likeness (QED) is 0.393. The summed E-state index contributed by atoms with van der Waals surface area (Å²) in [6.07, 6.45) is 0.00790. The van der Waals surface area contributed by atoms with Crippen molar-refractivity contribution in [1.82, 2.24) is 15.6 Å². The first-order valence-electron chi connectivity index (χ1n) is 9.78. The summed E-state index contributed by atoms with van der Waals surface area (Å²) in [6, 6.07) is 14.4. The summed E-state index contributed by atoms with van der Waals surface area (Å²) < 4.78 is 0. The smallest absolute Gasteiger partial charge is 0.305 e. The minimum atomic E-state index is -1.21. The van der Waals surface area contributed by atoms with Gasteiger partial charge in [0.05, 0.1) is 12.5 Å². The number of H-pyrrole nitrogens is 1. The third-order valence-corrected chi connectivity index (χ3v) is 4.98. The number of hydrogen-bond acceptors (Lipinski definition) is 4. The molecular formula is C23H23N3O5. The largest absolute Gasteiger partial charge is 0.481 e. The van der Waals surface area contributed by atoms with Crippen molar-refractivity contribution in [1.29, 1.82) is 0 Å². The lowest BCUT2D eigenvalue weighted by molar-refractivity contribution is -0.138. The summed E-state index contributed by atoms with van der Waals surface area (Å²) >= 11 is 0. The summed E-state index contributed by atoms with van der Waals surface area (Å²) in [7, 11) is 0. The molecule has 0 spiro atoms. The Hall–Kier alpha value is -3.94. The summed E-state index contributed by atoms with van der Waals surface area (Å²) in [5.74, 6) is -2.32. The molecule has 0 fully saturated rings. The van der Waals surface area contributed by atoms with Crippen LogP contribution in [0.15, 0.2) is 54.6 Å². The number of carboxylic acids is 1. The SMILES string of the molecule is Cc1c(C(=O)N[C@@H](Cc2ccccc2)C(=O)N[C@H](C=O)CC(=O)O)[nH]c2ccccc12. The number of aryl methyl sites for hydroxylation is 1. The Morgan fingerprint density at radius 3 is 2.35 bits per heavy atom. The first-order chi connectivity index (χ1) is 14.9. The number of fused-ring (bicyclic) bond motifs is 1. The van der Waals surface area contributed by atoms with E-state index in [-0.39, 0.29) is 6.42 Å². The highest BCUT2D eigenvalue weighted by Gasteiger charge is 2.26. The topological polar surface area (TPSA) is 128 Å². The fraction of sp³-hybridized carbons (Fsp3) is 0.217. The number of carboxylic acid groups (broad SMARTS) is 1. The van der Waals surface area contributed by atoms with Gasteiger partial charge in [-0.15, -0.1) is 0 Å². The van der Waals surface area contributed by atoms with Crippen molar-refractivity contribution in [2.24, 2.45) is 0 Å². The Morgan fingerprint density at radius 2 is 1.71 bits per heavy atom. The van der Waals surface area contributed by atoms with Crippen LogP contribution in [-0.2, 0) is 20.8 Å². The number of benzene rings is 2. The van der Waals surface area contributed by atoms with Crippen LogP contribution in [0.2, 0.25) is 0 Å². The van der Waals surface area contributed by atoms with Gasteiger partial charge in [-0.05, 0) is 24.1 Å². The minimum absolute atomic E-state index is 0.177. The summed E-state index contributed by atoms with van der Waals surface area (Å²) in [5.41, 5.74) is 2.70. The fourth-order valence-electron chi connectivity index (χ4n) is 3.40. The summed E-state index contributed by atoms with van der Waals surface area (Å²) in [6.45, 7) is 1.81. The van der Waals surface area contributed by atoms with Crippen molar-refractivity contribution in [3.05, 3.63) is 71.4 Å². The van der Waals surface area contributed by atoms with E-state index in [9.17, 15) is 19.2 Å². The van der Waals surface area contributed by atoms with Crippen LogP contribution < -0.4 is 10.6 Å². The van der Waals surface area contributed by atoms with Crippen LogP contribution in [0, 0.1) is 6.92 Å². The maximum absolute atomic E-state index is 13.0. The molecule has 0 aliphatic rings. The van der Waals surface area contributed by atoms with Gasteiger partial charge in [0.25, 0.3) is 5.91 Å². The van der Waals surface area contributed by atoms with E-state index in [4.69, 9.17) is 5.11 Å². The molecule has 0 bridgehead atoms. The molecule has 3 aromatic rings. The molecule has 0 saturated heterocycles. The average molecular weight is 421 g/mol. The molecule has 160 valence electrons. The predicted octanol–water partition coefficient (Wildman–Crippen LogP) is 1.98. The first-order valence-corrected chi connectivity index (χ1v) is 9.78. The van der Waals surface area contributed by atoms with Crippen LogP contribution in [0.1, 0.15) is 28.0 Å². The number of carbonyl (C=O) groups excluding carboxylic acids is 3. The van der Waals surface area contributed by atoms with E-state index in [2.05, 4.69) is 15.6 Å². The summed E-state index contributed by atoms with van der Waals surface area (Å²) in [4.78, 5) is 51.0. The number of aldehydes is 1. The Bertz CT molecular complexity index is 1110. The minimum Gasteiger partial charge on any atom is -0.481 e. The van der Waals surface area contributed by atoms with Gasteiger partial charge in [-0.2, -0.15) is 0 Å². The highest BCUT2D eigenvalue weighted by molar-refractivity contribution is 6.02. The van der Waals surface area contributed by atoms with Gasteiger partial charge in [0.15, 0.2) is 0 Å². The van der Waals surface area contributed by atoms with E-state index in [1.165, 1.54) is 0 Å². The Labute approximate surface area is 178 Å². The van der Waals surface area contributed by atoms with E-state index >= 15 is 0 Å². The molecule has 4 N–H and O–H groups in total. The highest BCUT2D eigenvalue weighted by Crippen LogP contribution is 2.21. The van der Waals surface area contributed by atoms with Gasteiger partial charge < -0.3 is 25.5 Å². The van der Waals surface area contributed by atoms with Gasteiger partial charge >= 0.3 is 5.97 Å². The maximum atomic E-state index is 13.0. The van der Waals surface area contributed by atoms with Gasteiger partial charge in [0.2, 0.25) is 5.91 Å². The van der Waals surface area contributed by atoms with Crippen molar-refractivity contribution >= 4 is 35.0 Å². The van der Waals surface area contributed by atoms with Crippen LogP contribution in [0.3, 0.4) is 0 Å². The molecule has 0 unspecified atom stereocenters. The number of aromatic nitrogens is 1. The molecule has 0 aliphatic heterocycles. The lowest BCUT2D eigenvalue weighted by Crippen LogP contribution is -2.51. The molecule has 31 heavy (non-hydrogen) atoms. The van der Waals surface area contributed by atoms with Gasteiger partial charge in [-0.25, -0.2) is 0 Å². The van der Waals surface area contributed by atoms with Gasteiger partial charge in [-0.3, -0.25) is 14.4 Å². The third-order valence-electron chi connectivity index (χ3n) is 4.98. The number of rotatable bonds is 9. The highest BCUT2D eigenvalue weighted by atomic mass is 16.4. The molecule has 1 aromatic heterocycles. The number of aromatic amines is 1. The van der Waals surface area contributed by atoms with Crippen molar-refractivity contribution in [3.63, 3.8) is 0 Å². The monoisotopic (exact) mass is 421 g/mol. The number of aliphatic carboxylic acids is 1. The van der Waals surface area contributed by atoms with E-state index in [0.717, 1.165) is 22.0 Å². The predicted molar refractivity (Wildman–Crippen MR) is 115 cm³/mol. The zero-order valence-electron chi connectivity index (χ0n) is 16.9. The molecular weight excluding hydrogens is 398 g/mol. The average Bonchev–Trinajstić information content (AvgIpc) is 3.10. The van der Waals surface area contributed by atoms with Crippen molar-refractivity contribution in [3.8, 4) is 0 Å². The lowest BCUT2D eigenvalue weighted by Gasteiger charge is -2.20. The molecule has 0 saturated carbocycles. The Kier molecular flexibility index (Phi) is 6.81. The van der Waals surface area contributed by atoms with Gasteiger partial charge in [0, 0.05) is 17.3 Å². The molecule has 8 heteroatoms. The lowest BCUT2D eigenvalue weighted by atomic mass is 10.0. The number of hydrogen-bond donors (Lipinski definition) is 4. The van der Waals surface area contributed by atoms with Crippen LogP contribution >= 0.6 is 0 Å². The zero-order valence-corrected chi connectivity index (χ0v) is 16.9. The summed E-state index contributed by atoms with van der Waals surface area (Å²) in [5, 5.41) is 14.9. The molecule has 2 aromatic carbocycles. The second kappa shape index (κ2) is 9.71. The van der Waals surface area contributed by atoms with Crippen molar-refractivity contribution in [2.75, 3.05) is 0 Å². The van der Waals surface area contributed by atoms with Crippen molar-refractivity contribution in [2.45, 2.75) is 31.8 Å². The fourth-order valence-corrected chi connectivity index (χ4v) is 3.40. The second-order valence-corrected chi connectivity index (χ2v) is 7.24. The van der Waals surface area contributed by atoms with E-state index < -0.39 is 36.3 Å². The second-order valence-electron chi connectivity index (χ2n) is 7.24. The van der Waals surface area contributed by atoms with Gasteiger partial charge in [0.1, 0.15) is 18.0 Å². The number of para-hydroxylation sites is 1. The molecule has 0 radical (unpaired) electrons. The normalized spacial score (nSPS) is 12.7. The van der Waals surface area contributed by atoms with E-state index in [1.807, 2.05) is 61.5 Å². The van der Waals surface area contributed by atoms with Crippen LogP contribution in [0.5, 0.6) is 0 Å². The van der Waals surface area contributed by atoms with Crippen LogP contribution in [-0.4, -0.2) is 46.2 Å². The molecule has 8 nitrogen and oxygen atoms in total. The molecule has 2 amide bonds. The van der Waals surface area contributed by atoms with E-state index in [0.29, 0.717) is 12.0 Å². The van der Waals surface area contributed by atoms with Gasteiger partial charge in [-0.1, -0.05) is 48.5 Å². The molecule has 2 atom stereocenters. The van der Waals surface area contributed by atoms with Crippen LogP contribution in [0.4, 0.5) is 0 Å². The molecule has 1 heterocycles. The maximum Gasteiger partial charge on any atom is 0.305 e. The third kappa shape index (κ3) is 5.36. The zero-order chi connectivity index (χ0) is 22.4. The van der Waals surface area contributed by atoms with Crippen LogP contribution in [0.25, 0.3) is 10.9 Å². The number of nitrogens with one attached hydrogen (secondary N) is 3. The number of carbonyl (C=O) groups is 4. The molecule has 0 aliphatic carbocycles. The molecule has 3 rings (SSSR count).